The second-order valence-corrected chi connectivity index (χ2v) is 6.72. The highest BCUT2D eigenvalue weighted by Gasteiger charge is 2.34. The number of piperidine rings is 1. The Labute approximate surface area is 159 Å². The van der Waals surface area contributed by atoms with Crippen molar-refractivity contribution in [3.63, 3.8) is 0 Å². The fraction of sp³-hybridized carbons (Fsp3) is 0.500. The van der Waals surface area contributed by atoms with Crippen LogP contribution in [0, 0.1) is 0 Å². The number of carbonyl (C=O) groups excluding carboxylic acids is 2. The van der Waals surface area contributed by atoms with Gasteiger partial charge in [0.25, 0.3) is 5.91 Å². The van der Waals surface area contributed by atoms with E-state index in [1.807, 2.05) is 18.2 Å². The minimum atomic E-state index is -0.519. The molecule has 0 spiro atoms. The molecule has 1 fully saturated rings. The molecule has 1 aromatic carbocycles. The molecule has 1 aliphatic rings. The lowest BCUT2D eigenvalue weighted by Crippen LogP contribution is -2.48. The van der Waals surface area contributed by atoms with Gasteiger partial charge in [0, 0.05) is 13.1 Å². The molecular formula is C20H26N4O3. The first-order valence-electron chi connectivity index (χ1n) is 9.60. The number of carbonyl (C=O) groups is 2. The van der Waals surface area contributed by atoms with Crippen molar-refractivity contribution in [2.75, 3.05) is 13.2 Å². The van der Waals surface area contributed by atoms with Gasteiger partial charge >= 0.3 is 5.97 Å². The number of esters is 1. The Morgan fingerprint density at radius 2 is 2.04 bits per heavy atom. The summed E-state index contributed by atoms with van der Waals surface area (Å²) in [6.07, 6.45) is 5.96. The molecule has 144 valence electrons. The Bertz CT molecular complexity index is 760. The molecule has 0 N–H and O–H groups in total. The zero-order valence-corrected chi connectivity index (χ0v) is 15.7. The average molecular weight is 370 g/mol. The van der Waals surface area contributed by atoms with Gasteiger partial charge in [0.1, 0.15) is 6.04 Å². The number of rotatable bonds is 7. The summed E-state index contributed by atoms with van der Waals surface area (Å²) in [6, 6.07) is 9.74. The standard InChI is InChI=1S/C20H26N4O3/c1-2-27-20(26)18-12-6-7-14-24(18)19(25)17-15-23(22-21-17)13-8-11-16-9-4-3-5-10-16/h3-5,9-10,15,18H,2,6-8,11-14H2,1H3/t18-/m1/s1. The highest BCUT2D eigenvalue weighted by atomic mass is 16.5. The summed E-state index contributed by atoms with van der Waals surface area (Å²) in [5, 5.41) is 8.10. The van der Waals surface area contributed by atoms with Crippen molar-refractivity contribution in [2.24, 2.45) is 0 Å². The summed E-state index contributed by atoms with van der Waals surface area (Å²) in [4.78, 5) is 26.6. The van der Waals surface area contributed by atoms with Crippen LogP contribution in [0.15, 0.2) is 36.5 Å². The average Bonchev–Trinajstić information content (AvgIpc) is 3.17. The number of hydrogen-bond acceptors (Lipinski definition) is 5. The Balaban J connectivity index is 1.59. The molecule has 2 heterocycles. The van der Waals surface area contributed by atoms with E-state index in [1.165, 1.54) is 5.56 Å². The number of amides is 1. The van der Waals surface area contributed by atoms with Crippen molar-refractivity contribution in [2.45, 2.75) is 51.6 Å². The van der Waals surface area contributed by atoms with Crippen LogP contribution in [0.2, 0.25) is 0 Å². The molecule has 1 atom stereocenters. The second-order valence-electron chi connectivity index (χ2n) is 6.72. The summed E-state index contributed by atoms with van der Waals surface area (Å²) in [7, 11) is 0. The number of aromatic nitrogens is 3. The SMILES string of the molecule is CCOC(=O)[C@H]1CCCCN1C(=O)c1cn(CCCc2ccccc2)nn1. The van der Waals surface area contributed by atoms with Crippen LogP contribution in [0.1, 0.15) is 48.7 Å². The molecule has 7 heteroatoms. The molecule has 0 aliphatic carbocycles. The molecule has 1 amide bonds. The van der Waals surface area contributed by atoms with E-state index in [0.717, 1.165) is 25.7 Å². The van der Waals surface area contributed by atoms with Crippen molar-refractivity contribution in [3.8, 4) is 0 Å². The second kappa shape index (κ2) is 9.30. The molecule has 2 aromatic rings. The molecule has 7 nitrogen and oxygen atoms in total. The van der Waals surface area contributed by atoms with E-state index in [2.05, 4.69) is 22.4 Å². The van der Waals surface area contributed by atoms with E-state index in [1.54, 1.807) is 22.7 Å². The first kappa shape index (κ1) is 19.1. The van der Waals surface area contributed by atoms with Gasteiger partial charge in [0.2, 0.25) is 0 Å². The fourth-order valence-electron chi connectivity index (χ4n) is 3.40. The molecule has 0 unspecified atom stereocenters. The van der Waals surface area contributed by atoms with E-state index in [-0.39, 0.29) is 17.6 Å². The van der Waals surface area contributed by atoms with Gasteiger partial charge in [-0.2, -0.15) is 0 Å². The Kier molecular flexibility index (Phi) is 6.57. The van der Waals surface area contributed by atoms with E-state index >= 15 is 0 Å². The lowest BCUT2D eigenvalue weighted by Gasteiger charge is -2.33. The van der Waals surface area contributed by atoms with Gasteiger partial charge in [-0.05, 0) is 44.6 Å². The van der Waals surface area contributed by atoms with Crippen LogP contribution in [0.5, 0.6) is 0 Å². The predicted octanol–water partition coefficient (Wildman–Crippen LogP) is 2.47. The van der Waals surface area contributed by atoms with E-state index < -0.39 is 6.04 Å². The summed E-state index contributed by atoms with van der Waals surface area (Å²) < 4.78 is 6.82. The highest BCUT2D eigenvalue weighted by Crippen LogP contribution is 2.20. The third-order valence-electron chi connectivity index (χ3n) is 4.78. The van der Waals surface area contributed by atoms with Crippen LogP contribution in [-0.2, 0) is 22.5 Å². The number of hydrogen-bond donors (Lipinski definition) is 0. The molecule has 1 aliphatic heterocycles. The summed E-state index contributed by atoms with van der Waals surface area (Å²) >= 11 is 0. The van der Waals surface area contributed by atoms with Gasteiger partial charge in [0.15, 0.2) is 5.69 Å². The van der Waals surface area contributed by atoms with Gasteiger partial charge in [-0.15, -0.1) is 5.10 Å². The summed E-state index contributed by atoms with van der Waals surface area (Å²) in [6.45, 7) is 3.32. The van der Waals surface area contributed by atoms with Gasteiger partial charge in [-0.25, -0.2) is 4.79 Å². The lowest BCUT2D eigenvalue weighted by molar-refractivity contribution is -0.149. The van der Waals surface area contributed by atoms with Crippen molar-refractivity contribution in [1.29, 1.82) is 0 Å². The van der Waals surface area contributed by atoms with E-state index in [0.29, 0.717) is 26.1 Å². The molecule has 0 saturated carbocycles. The van der Waals surface area contributed by atoms with Gasteiger partial charge in [-0.3, -0.25) is 9.48 Å². The number of aryl methyl sites for hydroxylation is 2. The monoisotopic (exact) mass is 370 g/mol. The number of likely N-dealkylation sites (tertiary alicyclic amines) is 1. The van der Waals surface area contributed by atoms with Crippen molar-refractivity contribution in [1.82, 2.24) is 19.9 Å². The van der Waals surface area contributed by atoms with Crippen LogP contribution in [0.4, 0.5) is 0 Å². The molecule has 3 rings (SSSR count). The van der Waals surface area contributed by atoms with Gasteiger partial charge in [-0.1, -0.05) is 35.5 Å². The normalized spacial score (nSPS) is 16.9. The lowest BCUT2D eigenvalue weighted by atomic mass is 10.0. The topological polar surface area (TPSA) is 77.3 Å². The maximum Gasteiger partial charge on any atom is 0.328 e. The first-order chi connectivity index (χ1) is 13.2. The first-order valence-corrected chi connectivity index (χ1v) is 9.60. The van der Waals surface area contributed by atoms with Crippen LogP contribution in [0.3, 0.4) is 0 Å². The molecule has 1 saturated heterocycles. The van der Waals surface area contributed by atoms with E-state index in [9.17, 15) is 9.59 Å². The number of ether oxygens (including phenoxy) is 1. The largest absolute Gasteiger partial charge is 0.464 e. The maximum absolute atomic E-state index is 12.8. The van der Waals surface area contributed by atoms with Crippen LogP contribution in [-0.4, -0.2) is 51.0 Å². The third kappa shape index (κ3) is 4.93. The summed E-state index contributed by atoms with van der Waals surface area (Å²) in [5.41, 5.74) is 1.56. The Morgan fingerprint density at radius 3 is 2.81 bits per heavy atom. The molecule has 27 heavy (non-hydrogen) atoms. The number of benzene rings is 1. The zero-order chi connectivity index (χ0) is 19.1. The van der Waals surface area contributed by atoms with Gasteiger partial charge in [0.05, 0.1) is 12.8 Å². The number of nitrogens with zero attached hydrogens (tertiary/aromatic N) is 4. The quantitative estimate of drug-likeness (QED) is 0.700. The zero-order valence-electron chi connectivity index (χ0n) is 15.7. The van der Waals surface area contributed by atoms with Crippen LogP contribution >= 0.6 is 0 Å². The van der Waals surface area contributed by atoms with Crippen molar-refractivity contribution < 1.29 is 14.3 Å². The molecule has 1 aromatic heterocycles. The minimum absolute atomic E-state index is 0.248. The minimum Gasteiger partial charge on any atom is -0.464 e. The van der Waals surface area contributed by atoms with Crippen molar-refractivity contribution in [3.05, 3.63) is 47.8 Å². The van der Waals surface area contributed by atoms with Crippen molar-refractivity contribution >= 4 is 11.9 Å². The molecule has 0 bridgehead atoms. The van der Waals surface area contributed by atoms with Gasteiger partial charge < -0.3 is 9.64 Å². The Hall–Kier alpha value is -2.70. The Morgan fingerprint density at radius 1 is 1.22 bits per heavy atom. The molecular weight excluding hydrogens is 344 g/mol. The maximum atomic E-state index is 12.8. The smallest absolute Gasteiger partial charge is 0.328 e. The fourth-order valence-corrected chi connectivity index (χ4v) is 3.40. The van der Waals surface area contributed by atoms with E-state index in [4.69, 9.17) is 4.74 Å². The summed E-state index contributed by atoms with van der Waals surface area (Å²) in [5.74, 6) is -0.581. The third-order valence-corrected chi connectivity index (χ3v) is 4.78. The molecule has 0 radical (unpaired) electrons. The predicted molar refractivity (Wildman–Crippen MR) is 100 cm³/mol. The van der Waals surface area contributed by atoms with Crippen LogP contribution < -0.4 is 0 Å². The highest BCUT2D eigenvalue weighted by molar-refractivity contribution is 5.95. The van der Waals surface area contributed by atoms with Crippen LogP contribution in [0.25, 0.3) is 0 Å².